The van der Waals surface area contributed by atoms with E-state index in [9.17, 15) is 4.79 Å². The Morgan fingerprint density at radius 3 is 2.96 bits per heavy atom. The Bertz CT molecular complexity index is 859. The van der Waals surface area contributed by atoms with Crippen molar-refractivity contribution in [3.05, 3.63) is 60.8 Å². The van der Waals surface area contributed by atoms with Crippen LogP contribution in [-0.4, -0.2) is 37.9 Å². The Balaban J connectivity index is 1.52. The molecule has 3 aromatic rings. The fourth-order valence-electron chi connectivity index (χ4n) is 3.62. The van der Waals surface area contributed by atoms with Crippen molar-refractivity contribution in [3.8, 4) is 0 Å². The lowest BCUT2D eigenvalue weighted by molar-refractivity contribution is 0.0590. The Hall–Kier alpha value is -2.69. The summed E-state index contributed by atoms with van der Waals surface area (Å²) >= 11 is 0. The highest BCUT2D eigenvalue weighted by atomic mass is 16.2. The van der Waals surface area contributed by atoms with Gasteiger partial charge in [0.1, 0.15) is 5.69 Å². The van der Waals surface area contributed by atoms with Gasteiger partial charge in [0.25, 0.3) is 5.91 Å². The van der Waals surface area contributed by atoms with Gasteiger partial charge < -0.3 is 9.47 Å². The van der Waals surface area contributed by atoms with Crippen molar-refractivity contribution in [1.82, 2.24) is 19.4 Å². The highest BCUT2D eigenvalue weighted by Crippen LogP contribution is 2.23. The van der Waals surface area contributed by atoms with Gasteiger partial charge in [-0.2, -0.15) is 0 Å². The predicted molar refractivity (Wildman–Crippen MR) is 97.3 cm³/mol. The van der Waals surface area contributed by atoms with Crippen LogP contribution in [0.25, 0.3) is 10.9 Å². The third-order valence-corrected chi connectivity index (χ3v) is 4.99. The number of fused-ring (bicyclic) bond motifs is 1. The van der Waals surface area contributed by atoms with Crippen LogP contribution in [0.5, 0.6) is 0 Å². The van der Waals surface area contributed by atoms with Gasteiger partial charge in [-0.1, -0.05) is 24.3 Å². The molecule has 1 aliphatic rings. The number of carbonyl (C=O) groups is 1. The van der Waals surface area contributed by atoms with Crippen LogP contribution in [0.4, 0.5) is 0 Å². The van der Waals surface area contributed by atoms with E-state index in [-0.39, 0.29) is 11.9 Å². The molecule has 0 N–H and O–H groups in total. The van der Waals surface area contributed by atoms with Gasteiger partial charge in [-0.05, 0) is 37.8 Å². The van der Waals surface area contributed by atoms with E-state index >= 15 is 0 Å². The third-order valence-electron chi connectivity index (χ3n) is 4.99. The summed E-state index contributed by atoms with van der Waals surface area (Å²) in [6.07, 6.45) is 9.87. The van der Waals surface area contributed by atoms with Gasteiger partial charge in [-0.3, -0.25) is 4.79 Å². The Morgan fingerprint density at radius 1 is 1.16 bits per heavy atom. The van der Waals surface area contributed by atoms with Crippen molar-refractivity contribution in [2.45, 2.75) is 38.3 Å². The van der Waals surface area contributed by atoms with E-state index in [1.165, 1.54) is 6.42 Å². The molecular weight excluding hydrogens is 312 g/mol. The molecule has 1 fully saturated rings. The molecule has 2 aromatic heterocycles. The summed E-state index contributed by atoms with van der Waals surface area (Å²) in [6, 6.07) is 12.0. The van der Waals surface area contributed by atoms with Crippen molar-refractivity contribution < 1.29 is 4.79 Å². The Labute approximate surface area is 147 Å². The molecule has 0 saturated carbocycles. The number of aryl methyl sites for hydroxylation is 1. The van der Waals surface area contributed by atoms with E-state index in [1.807, 2.05) is 53.8 Å². The molecule has 0 radical (unpaired) electrons. The average molecular weight is 334 g/mol. The minimum absolute atomic E-state index is 0.0566. The second-order valence-corrected chi connectivity index (χ2v) is 6.63. The summed E-state index contributed by atoms with van der Waals surface area (Å²) in [6.45, 7) is 1.71. The smallest absolute Gasteiger partial charge is 0.272 e. The second kappa shape index (κ2) is 7.05. The zero-order valence-corrected chi connectivity index (χ0v) is 14.2. The molecule has 1 saturated heterocycles. The molecule has 5 nitrogen and oxygen atoms in total. The minimum atomic E-state index is 0.0566. The van der Waals surface area contributed by atoms with Crippen LogP contribution < -0.4 is 0 Å². The molecule has 3 heterocycles. The van der Waals surface area contributed by atoms with Gasteiger partial charge in [0, 0.05) is 36.9 Å². The maximum absolute atomic E-state index is 13.1. The van der Waals surface area contributed by atoms with Gasteiger partial charge in [-0.25, -0.2) is 9.97 Å². The molecule has 0 bridgehead atoms. The SMILES string of the molecule is O=C(c1ccc2ccccc2n1)N1CCCC[C@H]1CCn1ccnc1. The molecule has 4 rings (SSSR count). The normalized spacial score (nSPS) is 17.8. The molecule has 128 valence electrons. The fourth-order valence-corrected chi connectivity index (χ4v) is 3.62. The molecule has 1 atom stereocenters. The maximum atomic E-state index is 13.1. The summed E-state index contributed by atoms with van der Waals surface area (Å²) in [5, 5.41) is 1.06. The van der Waals surface area contributed by atoms with Crippen molar-refractivity contribution in [3.63, 3.8) is 0 Å². The molecule has 0 spiro atoms. The summed E-state index contributed by atoms with van der Waals surface area (Å²) in [7, 11) is 0. The number of likely N-dealkylation sites (tertiary alicyclic amines) is 1. The molecule has 1 aromatic carbocycles. The van der Waals surface area contributed by atoms with Crippen molar-refractivity contribution >= 4 is 16.8 Å². The summed E-state index contributed by atoms with van der Waals surface area (Å²) in [5.41, 5.74) is 1.42. The van der Waals surface area contributed by atoms with Gasteiger partial charge in [0.2, 0.25) is 0 Å². The van der Waals surface area contributed by atoms with Crippen LogP contribution in [0.2, 0.25) is 0 Å². The zero-order valence-electron chi connectivity index (χ0n) is 14.2. The number of hydrogen-bond donors (Lipinski definition) is 0. The topological polar surface area (TPSA) is 51.0 Å². The highest BCUT2D eigenvalue weighted by molar-refractivity contribution is 5.95. The van der Waals surface area contributed by atoms with Gasteiger partial charge in [0.15, 0.2) is 0 Å². The molecular formula is C20H22N4O. The van der Waals surface area contributed by atoms with E-state index in [4.69, 9.17) is 0 Å². The van der Waals surface area contributed by atoms with E-state index in [0.29, 0.717) is 5.69 Å². The number of rotatable bonds is 4. The predicted octanol–water partition coefficient (Wildman–Crippen LogP) is 3.52. The quantitative estimate of drug-likeness (QED) is 0.733. The molecule has 1 amide bonds. The van der Waals surface area contributed by atoms with Gasteiger partial charge in [0.05, 0.1) is 11.8 Å². The number of hydrogen-bond acceptors (Lipinski definition) is 3. The number of pyridine rings is 1. The van der Waals surface area contributed by atoms with Crippen LogP contribution in [0.1, 0.15) is 36.2 Å². The van der Waals surface area contributed by atoms with E-state index in [2.05, 4.69) is 14.5 Å². The first kappa shape index (κ1) is 15.8. The van der Waals surface area contributed by atoms with Crippen molar-refractivity contribution in [2.75, 3.05) is 6.54 Å². The number of piperidine rings is 1. The summed E-state index contributed by atoms with van der Waals surface area (Å²) in [5.74, 6) is 0.0566. The number of amides is 1. The first-order valence-electron chi connectivity index (χ1n) is 8.94. The van der Waals surface area contributed by atoms with Crippen molar-refractivity contribution in [2.24, 2.45) is 0 Å². The van der Waals surface area contributed by atoms with Gasteiger partial charge >= 0.3 is 0 Å². The summed E-state index contributed by atoms with van der Waals surface area (Å²) in [4.78, 5) is 23.8. The van der Waals surface area contributed by atoms with Gasteiger partial charge in [-0.15, -0.1) is 0 Å². The molecule has 1 aliphatic heterocycles. The fraction of sp³-hybridized carbons (Fsp3) is 0.350. The zero-order chi connectivity index (χ0) is 17.1. The lowest BCUT2D eigenvalue weighted by Gasteiger charge is -2.35. The van der Waals surface area contributed by atoms with Crippen LogP contribution >= 0.6 is 0 Å². The average Bonchev–Trinajstić information content (AvgIpc) is 3.19. The monoisotopic (exact) mass is 334 g/mol. The van der Waals surface area contributed by atoms with E-state index in [1.54, 1.807) is 6.20 Å². The number of para-hydroxylation sites is 1. The summed E-state index contributed by atoms with van der Waals surface area (Å²) < 4.78 is 2.07. The number of nitrogens with zero attached hydrogens (tertiary/aromatic N) is 4. The van der Waals surface area contributed by atoms with Crippen LogP contribution in [0.3, 0.4) is 0 Å². The molecule has 25 heavy (non-hydrogen) atoms. The van der Waals surface area contributed by atoms with Crippen LogP contribution in [0, 0.1) is 0 Å². The third kappa shape index (κ3) is 3.40. The Kier molecular flexibility index (Phi) is 4.46. The van der Waals surface area contributed by atoms with E-state index < -0.39 is 0 Å². The largest absolute Gasteiger partial charge is 0.337 e. The molecule has 0 aliphatic carbocycles. The highest BCUT2D eigenvalue weighted by Gasteiger charge is 2.28. The minimum Gasteiger partial charge on any atom is -0.337 e. The van der Waals surface area contributed by atoms with Crippen molar-refractivity contribution in [1.29, 1.82) is 0 Å². The Morgan fingerprint density at radius 2 is 2.08 bits per heavy atom. The van der Waals surface area contributed by atoms with Crippen LogP contribution in [0.15, 0.2) is 55.1 Å². The number of aromatic nitrogens is 3. The number of carbonyl (C=O) groups excluding carboxylic acids is 1. The molecule has 5 heteroatoms. The number of benzene rings is 1. The lowest BCUT2D eigenvalue weighted by Crippen LogP contribution is -2.44. The molecule has 0 unspecified atom stereocenters. The maximum Gasteiger partial charge on any atom is 0.272 e. The second-order valence-electron chi connectivity index (χ2n) is 6.63. The lowest BCUT2D eigenvalue weighted by atomic mass is 9.98. The first-order valence-corrected chi connectivity index (χ1v) is 8.94. The van der Waals surface area contributed by atoms with E-state index in [0.717, 1.165) is 43.3 Å². The number of imidazole rings is 1. The first-order chi connectivity index (χ1) is 12.3. The van der Waals surface area contributed by atoms with Crippen LogP contribution in [-0.2, 0) is 6.54 Å². The standard InChI is InChI=1S/C20H22N4O/c25-20(19-9-8-16-5-1-2-7-18(16)22-19)24-12-4-3-6-17(24)10-13-23-14-11-21-15-23/h1-2,5,7-9,11,14-15,17H,3-4,6,10,12-13H2/t17-/m0/s1.